The third kappa shape index (κ3) is 4.61. The Morgan fingerprint density at radius 1 is 1.10 bits per heavy atom. The van der Waals surface area contributed by atoms with Crippen molar-refractivity contribution < 1.29 is 18.0 Å². The lowest BCUT2D eigenvalue weighted by Crippen LogP contribution is -2.57. The molecule has 8 nitrogen and oxygen atoms in total. The molecule has 2 N–H and O–H groups in total. The number of carbonyl (C=O) groups is 2. The van der Waals surface area contributed by atoms with Gasteiger partial charge in [0.1, 0.15) is 6.04 Å². The molecule has 0 aromatic carbocycles. The molecule has 166 valence electrons. The van der Waals surface area contributed by atoms with Crippen LogP contribution >= 0.6 is 0 Å². The van der Waals surface area contributed by atoms with E-state index in [0.29, 0.717) is 19.5 Å². The molecule has 5 unspecified atom stereocenters. The summed E-state index contributed by atoms with van der Waals surface area (Å²) in [6.45, 7) is 4.80. The van der Waals surface area contributed by atoms with Crippen LogP contribution < -0.4 is 10.6 Å². The number of hydrogen-bond acceptors (Lipinski definition) is 5. The van der Waals surface area contributed by atoms with E-state index in [1.807, 2.05) is 11.8 Å². The van der Waals surface area contributed by atoms with Crippen molar-refractivity contribution >= 4 is 21.8 Å². The summed E-state index contributed by atoms with van der Waals surface area (Å²) in [5.74, 6) is 0.0267. The molecule has 0 aromatic rings. The van der Waals surface area contributed by atoms with Gasteiger partial charge in [0.25, 0.3) is 0 Å². The van der Waals surface area contributed by atoms with Crippen LogP contribution in [0.2, 0.25) is 0 Å². The fourth-order valence-corrected chi connectivity index (χ4v) is 6.63. The van der Waals surface area contributed by atoms with E-state index in [1.54, 1.807) is 18.3 Å². The SMILES string of the molecule is CNC(C)C(=O)NC(C(=O)N1CCC2C1C(C)CN2S(C)(=O)=O)C1CCCCC1. The van der Waals surface area contributed by atoms with Gasteiger partial charge < -0.3 is 15.5 Å². The summed E-state index contributed by atoms with van der Waals surface area (Å²) in [6.07, 6.45) is 7.12. The zero-order valence-electron chi connectivity index (χ0n) is 18.1. The van der Waals surface area contributed by atoms with Gasteiger partial charge >= 0.3 is 0 Å². The highest BCUT2D eigenvalue weighted by atomic mass is 32.2. The van der Waals surface area contributed by atoms with E-state index in [4.69, 9.17) is 0 Å². The van der Waals surface area contributed by atoms with Gasteiger partial charge in [0.2, 0.25) is 21.8 Å². The number of carbonyl (C=O) groups excluding carboxylic acids is 2. The van der Waals surface area contributed by atoms with Crippen molar-refractivity contribution in [3.8, 4) is 0 Å². The molecular formula is C20H36N4O4S. The van der Waals surface area contributed by atoms with Crippen LogP contribution in [0.15, 0.2) is 0 Å². The third-order valence-corrected chi connectivity index (χ3v) is 8.33. The summed E-state index contributed by atoms with van der Waals surface area (Å²) in [5, 5.41) is 5.96. The van der Waals surface area contributed by atoms with Crippen LogP contribution in [0.25, 0.3) is 0 Å². The molecule has 2 amide bonds. The second-order valence-electron chi connectivity index (χ2n) is 9.08. The Morgan fingerprint density at radius 3 is 2.34 bits per heavy atom. The lowest BCUT2D eigenvalue weighted by Gasteiger charge is -2.36. The Morgan fingerprint density at radius 2 is 1.76 bits per heavy atom. The number of rotatable bonds is 6. The Bertz CT molecular complexity index is 722. The van der Waals surface area contributed by atoms with Gasteiger partial charge in [-0.1, -0.05) is 26.2 Å². The number of likely N-dealkylation sites (tertiary alicyclic amines) is 1. The largest absolute Gasteiger partial charge is 0.343 e. The Labute approximate surface area is 174 Å². The van der Waals surface area contributed by atoms with E-state index in [1.165, 1.54) is 12.7 Å². The van der Waals surface area contributed by atoms with Crippen molar-refractivity contribution in [3.63, 3.8) is 0 Å². The van der Waals surface area contributed by atoms with Gasteiger partial charge in [-0.3, -0.25) is 9.59 Å². The average molecular weight is 429 g/mol. The van der Waals surface area contributed by atoms with Crippen molar-refractivity contribution in [1.82, 2.24) is 19.8 Å². The fourth-order valence-electron chi connectivity index (χ4n) is 5.40. The molecule has 5 atom stereocenters. The van der Waals surface area contributed by atoms with Gasteiger partial charge in [-0.15, -0.1) is 0 Å². The van der Waals surface area contributed by atoms with E-state index in [0.717, 1.165) is 25.7 Å². The number of nitrogens with one attached hydrogen (secondary N) is 2. The Hall–Kier alpha value is -1.19. The molecule has 2 saturated heterocycles. The van der Waals surface area contributed by atoms with Crippen molar-refractivity contribution in [3.05, 3.63) is 0 Å². The second-order valence-corrected chi connectivity index (χ2v) is 11.0. The zero-order valence-corrected chi connectivity index (χ0v) is 18.9. The minimum Gasteiger partial charge on any atom is -0.343 e. The Balaban J connectivity index is 1.81. The molecule has 0 aromatic heterocycles. The van der Waals surface area contributed by atoms with Crippen LogP contribution in [0.4, 0.5) is 0 Å². The monoisotopic (exact) mass is 428 g/mol. The van der Waals surface area contributed by atoms with Crippen molar-refractivity contribution in [2.75, 3.05) is 26.4 Å². The maximum atomic E-state index is 13.7. The van der Waals surface area contributed by atoms with Gasteiger partial charge in [-0.2, -0.15) is 4.31 Å². The summed E-state index contributed by atoms with van der Waals surface area (Å²) in [7, 11) is -1.57. The normalized spacial score (nSPS) is 30.8. The minimum absolute atomic E-state index is 0.0387. The van der Waals surface area contributed by atoms with E-state index in [2.05, 4.69) is 10.6 Å². The lowest BCUT2D eigenvalue weighted by molar-refractivity contribution is -0.140. The zero-order chi connectivity index (χ0) is 21.3. The first kappa shape index (κ1) is 22.5. The molecule has 2 heterocycles. The molecule has 3 fully saturated rings. The van der Waals surface area contributed by atoms with E-state index < -0.39 is 16.1 Å². The molecule has 9 heteroatoms. The summed E-state index contributed by atoms with van der Waals surface area (Å²) in [6, 6.07) is -1.16. The summed E-state index contributed by atoms with van der Waals surface area (Å²) in [5.41, 5.74) is 0. The molecular weight excluding hydrogens is 392 g/mol. The summed E-state index contributed by atoms with van der Waals surface area (Å²) >= 11 is 0. The van der Waals surface area contributed by atoms with Crippen LogP contribution in [0.1, 0.15) is 52.4 Å². The van der Waals surface area contributed by atoms with E-state index in [-0.39, 0.29) is 41.8 Å². The first-order chi connectivity index (χ1) is 13.6. The third-order valence-electron chi connectivity index (χ3n) is 7.06. The maximum absolute atomic E-state index is 13.7. The predicted molar refractivity (Wildman–Crippen MR) is 112 cm³/mol. The lowest BCUT2D eigenvalue weighted by atomic mass is 9.83. The highest BCUT2D eigenvalue weighted by Crippen LogP contribution is 2.38. The van der Waals surface area contributed by atoms with Crippen LogP contribution in [0.3, 0.4) is 0 Å². The van der Waals surface area contributed by atoms with E-state index in [9.17, 15) is 18.0 Å². The standard InChI is InChI=1S/C20H36N4O4S/c1-13-12-24(29(4,27)28)16-10-11-23(18(13)16)20(26)17(15-8-6-5-7-9-15)22-19(25)14(2)21-3/h13-18,21H,5-12H2,1-4H3,(H,22,25). The number of amides is 2. The highest BCUT2D eigenvalue weighted by molar-refractivity contribution is 7.88. The first-order valence-corrected chi connectivity index (χ1v) is 12.7. The average Bonchev–Trinajstić information content (AvgIpc) is 3.26. The number of hydrogen-bond donors (Lipinski definition) is 2. The molecule has 3 rings (SSSR count). The van der Waals surface area contributed by atoms with Crippen LogP contribution in [0, 0.1) is 11.8 Å². The van der Waals surface area contributed by atoms with Crippen molar-refractivity contribution in [1.29, 1.82) is 0 Å². The van der Waals surface area contributed by atoms with Gasteiger partial charge in [0.15, 0.2) is 0 Å². The number of nitrogens with zero attached hydrogens (tertiary/aromatic N) is 2. The van der Waals surface area contributed by atoms with Crippen molar-refractivity contribution in [2.24, 2.45) is 11.8 Å². The van der Waals surface area contributed by atoms with Crippen LogP contribution in [-0.4, -0.2) is 80.0 Å². The quantitative estimate of drug-likeness (QED) is 0.643. The first-order valence-electron chi connectivity index (χ1n) is 10.9. The van der Waals surface area contributed by atoms with Gasteiger partial charge in [-0.05, 0) is 45.1 Å². The van der Waals surface area contributed by atoms with Crippen LogP contribution in [0.5, 0.6) is 0 Å². The minimum atomic E-state index is -3.30. The Kier molecular flexibility index (Phi) is 6.90. The highest BCUT2D eigenvalue weighted by Gasteiger charge is 2.52. The predicted octanol–water partition coefficient (Wildman–Crippen LogP) is 0.540. The fraction of sp³-hybridized carbons (Fsp3) is 0.900. The second kappa shape index (κ2) is 8.89. The van der Waals surface area contributed by atoms with E-state index >= 15 is 0 Å². The van der Waals surface area contributed by atoms with Gasteiger partial charge in [-0.25, -0.2) is 8.42 Å². The summed E-state index contributed by atoms with van der Waals surface area (Å²) in [4.78, 5) is 28.1. The molecule has 0 bridgehead atoms. The molecule has 0 radical (unpaired) electrons. The van der Waals surface area contributed by atoms with Gasteiger partial charge in [0.05, 0.1) is 18.3 Å². The topological polar surface area (TPSA) is 98.8 Å². The number of fused-ring (bicyclic) bond motifs is 1. The summed E-state index contributed by atoms with van der Waals surface area (Å²) < 4.78 is 25.9. The molecule has 1 aliphatic carbocycles. The van der Waals surface area contributed by atoms with Crippen molar-refractivity contribution in [2.45, 2.75) is 76.5 Å². The van der Waals surface area contributed by atoms with Crippen LogP contribution in [-0.2, 0) is 19.6 Å². The smallest absolute Gasteiger partial charge is 0.245 e. The maximum Gasteiger partial charge on any atom is 0.245 e. The molecule has 0 spiro atoms. The molecule has 3 aliphatic rings. The molecule has 1 saturated carbocycles. The molecule has 29 heavy (non-hydrogen) atoms. The van der Waals surface area contributed by atoms with Gasteiger partial charge in [0, 0.05) is 19.1 Å². The number of sulfonamides is 1. The number of likely N-dealkylation sites (N-methyl/N-ethyl adjacent to an activating group) is 1. The molecule has 2 aliphatic heterocycles.